The summed E-state index contributed by atoms with van der Waals surface area (Å²) < 4.78 is 0. The summed E-state index contributed by atoms with van der Waals surface area (Å²) in [6, 6.07) is 17.1. The van der Waals surface area contributed by atoms with Gasteiger partial charge in [-0.3, -0.25) is 4.90 Å². The van der Waals surface area contributed by atoms with Crippen LogP contribution in [0.5, 0.6) is 0 Å². The molecule has 4 nitrogen and oxygen atoms in total. The molecular formula is C25H31N3O. The summed E-state index contributed by atoms with van der Waals surface area (Å²) >= 11 is 0. The Hall–Kier alpha value is -2.48. The lowest BCUT2D eigenvalue weighted by atomic mass is 9.96. The quantitative estimate of drug-likeness (QED) is 0.709. The van der Waals surface area contributed by atoms with Crippen LogP contribution in [0.2, 0.25) is 0 Å². The van der Waals surface area contributed by atoms with Crippen molar-refractivity contribution in [1.29, 1.82) is 5.26 Å². The van der Waals surface area contributed by atoms with Crippen LogP contribution in [0.1, 0.15) is 42.9 Å². The smallest absolute Gasteiger partial charge is 0.129 e. The Bertz CT molecular complexity index is 867. The van der Waals surface area contributed by atoms with E-state index in [0.717, 1.165) is 62.3 Å². The highest BCUT2D eigenvalue weighted by Crippen LogP contribution is 2.26. The number of hydrogen-bond donors (Lipinski definition) is 0. The highest BCUT2D eigenvalue weighted by molar-refractivity contribution is 5.75. The molecule has 0 atom stereocenters. The predicted molar refractivity (Wildman–Crippen MR) is 118 cm³/mol. The molecule has 0 aromatic heterocycles. The molecule has 1 heterocycles. The Morgan fingerprint density at radius 3 is 2.52 bits per heavy atom. The molecule has 29 heavy (non-hydrogen) atoms. The van der Waals surface area contributed by atoms with Gasteiger partial charge in [0.1, 0.15) is 5.78 Å². The molecular weight excluding hydrogens is 358 g/mol. The monoisotopic (exact) mass is 389 g/mol. The van der Waals surface area contributed by atoms with Crippen LogP contribution in [0.4, 0.5) is 0 Å². The van der Waals surface area contributed by atoms with E-state index in [1.165, 1.54) is 17.5 Å². The number of Topliss-reactive ketones (excluding diaryl/α,β-unsaturated/α-hetero) is 1. The van der Waals surface area contributed by atoms with Crippen LogP contribution in [-0.4, -0.2) is 48.8 Å². The summed E-state index contributed by atoms with van der Waals surface area (Å²) in [5.41, 5.74) is 5.23. The average Bonchev–Trinajstić information content (AvgIpc) is 2.92. The third-order valence-corrected chi connectivity index (χ3v) is 5.68. The van der Waals surface area contributed by atoms with Crippen molar-refractivity contribution in [2.24, 2.45) is 0 Å². The Kier molecular flexibility index (Phi) is 7.57. The van der Waals surface area contributed by atoms with E-state index < -0.39 is 0 Å². The molecule has 0 saturated carbocycles. The minimum Gasteiger partial charge on any atom is -0.305 e. The van der Waals surface area contributed by atoms with E-state index in [2.05, 4.69) is 59.3 Å². The summed E-state index contributed by atoms with van der Waals surface area (Å²) in [5.74, 6) is 0.243. The number of benzene rings is 2. The molecule has 0 bridgehead atoms. The zero-order chi connectivity index (χ0) is 20.6. The lowest BCUT2D eigenvalue weighted by Crippen LogP contribution is -2.28. The van der Waals surface area contributed by atoms with Gasteiger partial charge in [0.15, 0.2) is 0 Å². The maximum Gasteiger partial charge on any atom is 0.129 e. The maximum atomic E-state index is 11.1. The SMILES string of the molecule is CC(=O)CCCc1ccc(-c2ccc(CN3CCCN(C)CC3)cc2C#N)cc1. The van der Waals surface area contributed by atoms with Crippen LogP contribution in [0, 0.1) is 11.3 Å². The van der Waals surface area contributed by atoms with Gasteiger partial charge in [0, 0.05) is 26.1 Å². The van der Waals surface area contributed by atoms with E-state index in [0.29, 0.717) is 6.42 Å². The van der Waals surface area contributed by atoms with Gasteiger partial charge < -0.3 is 9.69 Å². The fourth-order valence-electron chi connectivity index (χ4n) is 3.94. The molecule has 2 aromatic rings. The van der Waals surface area contributed by atoms with Crippen LogP contribution in [0.25, 0.3) is 11.1 Å². The molecule has 3 rings (SSSR count). The molecule has 0 amide bonds. The molecule has 0 aliphatic carbocycles. The molecule has 1 aliphatic rings. The van der Waals surface area contributed by atoms with Crippen molar-refractivity contribution in [3.8, 4) is 17.2 Å². The van der Waals surface area contributed by atoms with E-state index >= 15 is 0 Å². The number of carbonyl (C=O) groups is 1. The standard InChI is InChI=1S/C25H31N3O/c1-20(29)5-3-6-21-7-10-23(11-8-21)25-12-9-22(17-24(25)18-26)19-28-14-4-13-27(2)15-16-28/h7-12,17H,3-6,13-16,19H2,1-2H3. The van der Waals surface area contributed by atoms with Crippen molar-refractivity contribution in [3.63, 3.8) is 0 Å². The van der Waals surface area contributed by atoms with E-state index in [-0.39, 0.29) is 5.78 Å². The van der Waals surface area contributed by atoms with Crippen molar-refractivity contribution >= 4 is 5.78 Å². The lowest BCUT2D eigenvalue weighted by molar-refractivity contribution is -0.117. The number of nitrogens with zero attached hydrogens (tertiary/aromatic N) is 3. The maximum absolute atomic E-state index is 11.1. The zero-order valence-electron chi connectivity index (χ0n) is 17.7. The van der Waals surface area contributed by atoms with Crippen molar-refractivity contribution in [1.82, 2.24) is 9.80 Å². The molecule has 4 heteroatoms. The predicted octanol–water partition coefficient (Wildman–Crippen LogP) is 4.27. The summed E-state index contributed by atoms with van der Waals surface area (Å²) in [4.78, 5) is 16.0. The van der Waals surface area contributed by atoms with Gasteiger partial charge in [-0.25, -0.2) is 0 Å². The molecule has 0 spiro atoms. The van der Waals surface area contributed by atoms with Gasteiger partial charge >= 0.3 is 0 Å². The minimum atomic E-state index is 0.243. The second-order valence-corrected chi connectivity index (χ2v) is 8.18. The molecule has 1 fully saturated rings. The van der Waals surface area contributed by atoms with Gasteiger partial charge in [-0.2, -0.15) is 5.26 Å². The molecule has 0 unspecified atom stereocenters. The van der Waals surface area contributed by atoms with Crippen molar-refractivity contribution in [2.75, 3.05) is 33.2 Å². The van der Waals surface area contributed by atoms with Gasteiger partial charge in [0.05, 0.1) is 11.6 Å². The van der Waals surface area contributed by atoms with Crippen LogP contribution in [0.15, 0.2) is 42.5 Å². The Morgan fingerprint density at radius 1 is 1.03 bits per heavy atom. The minimum absolute atomic E-state index is 0.243. The Morgan fingerprint density at radius 2 is 1.79 bits per heavy atom. The molecule has 2 aromatic carbocycles. The molecule has 0 N–H and O–H groups in total. The number of nitriles is 1. The van der Waals surface area contributed by atoms with Crippen molar-refractivity contribution < 1.29 is 4.79 Å². The van der Waals surface area contributed by atoms with Crippen molar-refractivity contribution in [2.45, 2.75) is 39.2 Å². The van der Waals surface area contributed by atoms with Gasteiger partial charge in [-0.05, 0) is 74.6 Å². The molecule has 0 radical (unpaired) electrons. The lowest BCUT2D eigenvalue weighted by Gasteiger charge is -2.20. The fourth-order valence-corrected chi connectivity index (χ4v) is 3.94. The van der Waals surface area contributed by atoms with Crippen LogP contribution < -0.4 is 0 Å². The van der Waals surface area contributed by atoms with E-state index in [4.69, 9.17) is 0 Å². The average molecular weight is 390 g/mol. The van der Waals surface area contributed by atoms with Crippen molar-refractivity contribution in [3.05, 3.63) is 59.2 Å². The first kappa shape index (κ1) is 21.2. The Balaban J connectivity index is 1.68. The number of carbonyl (C=O) groups excluding carboxylic acids is 1. The van der Waals surface area contributed by atoms with Crippen LogP contribution in [0.3, 0.4) is 0 Å². The summed E-state index contributed by atoms with van der Waals surface area (Å²) in [6.45, 7) is 6.98. The number of likely N-dealkylation sites (N-methyl/N-ethyl adjacent to an activating group) is 1. The second kappa shape index (κ2) is 10.3. The number of ketones is 1. The normalized spacial score (nSPS) is 15.6. The largest absolute Gasteiger partial charge is 0.305 e. The van der Waals surface area contributed by atoms with E-state index in [1.807, 2.05) is 6.07 Å². The second-order valence-electron chi connectivity index (χ2n) is 8.18. The van der Waals surface area contributed by atoms with Gasteiger partial charge in [0.25, 0.3) is 0 Å². The summed E-state index contributed by atoms with van der Waals surface area (Å²) in [7, 11) is 2.18. The summed E-state index contributed by atoms with van der Waals surface area (Å²) in [5, 5.41) is 9.71. The number of aryl methyl sites for hydroxylation is 1. The first-order valence-corrected chi connectivity index (χ1v) is 10.6. The topological polar surface area (TPSA) is 47.3 Å². The van der Waals surface area contributed by atoms with Crippen LogP contribution >= 0.6 is 0 Å². The molecule has 152 valence electrons. The number of hydrogen-bond acceptors (Lipinski definition) is 4. The first-order valence-electron chi connectivity index (χ1n) is 10.6. The van der Waals surface area contributed by atoms with Gasteiger partial charge in [-0.15, -0.1) is 0 Å². The molecule has 1 saturated heterocycles. The van der Waals surface area contributed by atoms with Crippen LogP contribution in [-0.2, 0) is 17.8 Å². The van der Waals surface area contributed by atoms with Gasteiger partial charge in [-0.1, -0.05) is 36.4 Å². The highest BCUT2D eigenvalue weighted by atomic mass is 16.1. The summed E-state index contributed by atoms with van der Waals surface area (Å²) in [6.07, 6.45) is 3.63. The van der Waals surface area contributed by atoms with E-state index in [1.54, 1.807) is 6.92 Å². The fraction of sp³-hybridized carbons (Fsp3) is 0.440. The Labute approximate surface area is 174 Å². The number of rotatable bonds is 7. The van der Waals surface area contributed by atoms with E-state index in [9.17, 15) is 10.1 Å². The highest BCUT2D eigenvalue weighted by Gasteiger charge is 2.13. The first-order chi connectivity index (χ1) is 14.0. The third kappa shape index (κ3) is 6.25. The van der Waals surface area contributed by atoms with Gasteiger partial charge in [0.2, 0.25) is 0 Å². The molecule has 1 aliphatic heterocycles. The zero-order valence-corrected chi connectivity index (χ0v) is 17.7. The third-order valence-electron chi connectivity index (χ3n) is 5.68.